The van der Waals surface area contributed by atoms with Crippen LogP contribution < -0.4 is 10.5 Å². The fraction of sp³-hybridized carbons (Fsp3) is 0.300. The number of hydrogen-bond donors (Lipinski definition) is 2. The average molecular weight is 196 g/mol. The highest BCUT2D eigenvalue weighted by Gasteiger charge is 2.10. The molecule has 0 radical (unpaired) electrons. The van der Waals surface area contributed by atoms with Gasteiger partial charge in [-0.15, -0.1) is 0 Å². The number of rotatable bonds is 4. The molecule has 0 aromatic heterocycles. The summed E-state index contributed by atoms with van der Waals surface area (Å²) in [6.45, 7) is 0. The number of nitrogens with two attached hydrogens (primary N) is 1. The van der Waals surface area contributed by atoms with Crippen LogP contribution in [0.4, 0.5) is 4.39 Å². The van der Waals surface area contributed by atoms with Crippen LogP contribution in [0.1, 0.15) is 5.56 Å². The monoisotopic (exact) mass is 196 g/mol. The molecule has 1 atom stereocenters. The molecule has 1 aromatic carbocycles. The number of halogens is 1. The van der Waals surface area contributed by atoms with E-state index in [9.17, 15) is 4.39 Å². The van der Waals surface area contributed by atoms with E-state index >= 15 is 0 Å². The Morgan fingerprint density at radius 3 is 2.50 bits per heavy atom. The van der Waals surface area contributed by atoms with Gasteiger partial charge in [0.25, 0.3) is 0 Å². The molecule has 0 saturated heterocycles. The second kappa shape index (κ2) is 4.60. The van der Waals surface area contributed by atoms with Crippen molar-refractivity contribution < 1.29 is 9.13 Å². The standard InChI is InChI=1S/C10H13FN2O/c1-14-8-4-2-7(3-5-8)6-9(11)10(12)13/h2-5,9H,6H2,1H3,(H3,12,13). The fourth-order valence-corrected chi connectivity index (χ4v) is 1.08. The van der Waals surface area contributed by atoms with Crippen molar-refractivity contribution in [3.8, 4) is 5.75 Å². The van der Waals surface area contributed by atoms with Crippen LogP contribution in [0.15, 0.2) is 24.3 Å². The summed E-state index contributed by atoms with van der Waals surface area (Å²) in [5.74, 6) is 0.299. The Morgan fingerprint density at radius 2 is 2.07 bits per heavy atom. The van der Waals surface area contributed by atoms with E-state index in [2.05, 4.69) is 0 Å². The van der Waals surface area contributed by atoms with Gasteiger partial charge in [-0.05, 0) is 17.7 Å². The molecule has 0 saturated carbocycles. The summed E-state index contributed by atoms with van der Waals surface area (Å²) < 4.78 is 18.0. The van der Waals surface area contributed by atoms with Crippen molar-refractivity contribution in [1.29, 1.82) is 5.41 Å². The van der Waals surface area contributed by atoms with Crippen LogP contribution in [-0.2, 0) is 6.42 Å². The zero-order valence-corrected chi connectivity index (χ0v) is 7.96. The third-order valence-corrected chi connectivity index (χ3v) is 1.91. The van der Waals surface area contributed by atoms with Gasteiger partial charge >= 0.3 is 0 Å². The van der Waals surface area contributed by atoms with Gasteiger partial charge in [-0.3, -0.25) is 5.41 Å². The van der Waals surface area contributed by atoms with Gasteiger partial charge in [-0.1, -0.05) is 12.1 Å². The zero-order chi connectivity index (χ0) is 10.6. The normalized spacial score (nSPS) is 12.1. The Morgan fingerprint density at radius 1 is 1.50 bits per heavy atom. The summed E-state index contributed by atoms with van der Waals surface area (Å²) in [5.41, 5.74) is 5.82. The summed E-state index contributed by atoms with van der Waals surface area (Å²) >= 11 is 0. The van der Waals surface area contributed by atoms with Crippen LogP contribution in [0.2, 0.25) is 0 Å². The Kier molecular flexibility index (Phi) is 3.45. The summed E-state index contributed by atoms with van der Waals surface area (Å²) in [6, 6.07) is 7.02. The van der Waals surface area contributed by atoms with Crippen molar-refractivity contribution in [2.75, 3.05) is 7.11 Å². The molecule has 0 heterocycles. The highest BCUT2D eigenvalue weighted by atomic mass is 19.1. The fourth-order valence-electron chi connectivity index (χ4n) is 1.08. The molecule has 1 unspecified atom stereocenters. The number of hydrogen-bond acceptors (Lipinski definition) is 2. The molecule has 1 rings (SSSR count). The number of benzene rings is 1. The van der Waals surface area contributed by atoms with Crippen LogP contribution >= 0.6 is 0 Å². The van der Waals surface area contributed by atoms with E-state index in [1.54, 1.807) is 31.4 Å². The molecule has 0 amide bonds. The molecule has 76 valence electrons. The first-order valence-corrected chi connectivity index (χ1v) is 4.24. The summed E-state index contributed by atoms with van der Waals surface area (Å²) in [7, 11) is 1.57. The maximum absolute atomic E-state index is 13.0. The van der Waals surface area contributed by atoms with Crippen LogP contribution in [0.5, 0.6) is 5.75 Å². The molecule has 0 bridgehead atoms. The molecule has 0 spiro atoms. The minimum absolute atomic E-state index is 0.138. The molecule has 0 aliphatic rings. The van der Waals surface area contributed by atoms with Crippen molar-refractivity contribution in [2.24, 2.45) is 5.73 Å². The van der Waals surface area contributed by atoms with Gasteiger partial charge in [-0.25, -0.2) is 4.39 Å². The predicted octanol–water partition coefficient (Wildman–Crippen LogP) is 1.51. The topological polar surface area (TPSA) is 59.1 Å². The van der Waals surface area contributed by atoms with Crippen LogP contribution in [0.3, 0.4) is 0 Å². The summed E-state index contributed by atoms with van der Waals surface area (Å²) in [4.78, 5) is 0. The maximum atomic E-state index is 13.0. The van der Waals surface area contributed by atoms with E-state index in [1.165, 1.54) is 0 Å². The van der Waals surface area contributed by atoms with E-state index in [0.717, 1.165) is 11.3 Å². The van der Waals surface area contributed by atoms with Crippen LogP contribution in [0.25, 0.3) is 0 Å². The Balaban J connectivity index is 2.64. The van der Waals surface area contributed by atoms with Gasteiger partial charge < -0.3 is 10.5 Å². The number of alkyl halides is 1. The molecule has 14 heavy (non-hydrogen) atoms. The molecule has 3 nitrogen and oxygen atoms in total. The largest absolute Gasteiger partial charge is 0.497 e. The summed E-state index contributed by atoms with van der Waals surface area (Å²) in [5, 5.41) is 6.91. The van der Waals surface area contributed by atoms with Gasteiger partial charge in [0, 0.05) is 6.42 Å². The lowest BCUT2D eigenvalue weighted by Crippen LogP contribution is -2.25. The Bertz CT molecular complexity index is 310. The highest BCUT2D eigenvalue weighted by molar-refractivity contribution is 5.81. The Labute approximate surface area is 82.2 Å². The molecule has 0 aliphatic carbocycles. The van der Waals surface area contributed by atoms with Gasteiger partial charge in [0.05, 0.1) is 7.11 Å². The van der Waals surface area contributed by atoms with Crippen molar-refractivity contribution in [2.45, 2.75) is 12.6 Å². The second-order valence-corrected chi connectivity index (χ2v) is 2.98. The Hall–Kier alpha value is -1.58. The first kappa shape index (κ1) is 10.5. The van der Waals surface area contributed by atoms with Crippen molar-refractivity contribution in [3.05, 3.63) is 29.8 Å². The maximum Gasteiger partial charge on any atom is 0.160 e. The molecule has 1 aromatic rings. The van der Waals surface area contributed by atoms with Crippen LogP contribution in [0, 0.1) is 5.41 Å². The van der Waals surface area contributed by atoms with E-state index in [0.29, 0.717) is 0 Å². The SMILES string of the molecule is COc1ccc(CC(F)C(=N)N)cc1. The number of ether oxygens (including phenoxy) is 1. The molecular formula is C10H13FN2O. The third-order valence-electron chi connectivity index (χ3n) is 1.91. The van der Waals surface area contributed by atoms with Crippen molar-refractivity contribution >= 4 is 5.84 Å². The smallest absolute Gasteiger partial charge is 0.160 e. The minimum atomic E-state index is -1.40. The van der Waals surface area contributed by atoms with E-state index in [-0.39, 0.29) is 6.42 Å². The zero-order valence-electron chi connectivity index (χ0n) is 7.96. The van der Waals surface area contributed by atoms with E-state index in [1.807, 2.05) is 0 Å². The summed E-state index contributed by atoms with van der Waals surface area (Å²) in [6.07, 6.45) is -1.26. The lowest BCUT2D eigenvalue weighted by molar-refractivity contribution is 0.411. The van der Waals surface area contributed by atoms with Crippen molar-refractivity contribution in [1.82, 2.24) is 0 Å². The minimum Gasteiger partial charge on any atom is -0.497 e. The van der Waals surface area contributed by atoms with Gasteiger partial charge in [-0.2, -0.15) is 0 Å². The highest BCUT2D eigenvalue weighted by Crippen LogP contribution is 2.13. The molecule has 0 fully saturated rings. The molecule has 0 aliphatic heterocycles. The number of amidine groups is 1. The first-order valence-electron chi connectivity index (χ1n) is 4.24. The number of methoxy groups -OCH3 is 1. The van der Waals surface area contributed by atoms with Gasteiger partial charge in [0.1, 0.15) is 11.6 Å². The lowest BCUT2D eigenvalue weighted by Gasteiger charge is -2.06. The van der Waals surface area contributed by atoms with Crippen molar-refractivity contribution in [3.63, 3.8) is 0 Å². The molecular weight excluding hydrogens is 183 g/mol. The molecule has 3 N–H and O–H groups in total. The predicted molar refractivity (Wildman–Crippen MR) is 53.5 cm³/mol. The number of nitrogens with one attached hydrogen (secondary N) is 1. The quantitative estimate of drug-likeness (QED) is 0.566. The third kappa shape index (κ3) is 2.73. The molecule has 4 heteroatoms. The van der Waals surface area contributed by atoms with Gasteiger partial charge in [0.2, 0.25) is 0 Å². The lowest BCUT2D eigenvalue weighted by atomic mass is 10.1. The second-order valence-electron chi connectivity index (χ2n) is 2.98. The van der Waals surface area contributed by atoms with E-state index in [4.69, 9.17) is 15.9 Å². The van der Waals surface area contributed by atoms with Gasteiger partial charge in [0.15, 0.2) is 6.17 Å². The van der Waals surface area contributed by atoms with E-state index < -0.39 is 12.0 Å². The van der Waals surface area contributed by atoms with Crippen LogP contribution in [-0.4, -0.2) is 19.1 Å². The first-order chi connectivity index (χ1) is 6.63. The average Bonchev–Trinajstić information content (AvgIpc) is 2.19.